The topological polar surface area (TPSA) is 47.6 Å². The number of Topliss-reactive ketones (excluding diaryl/α,β-unsaturated/α-hetero) is 1. The van der Waals surface area contributed by atoms with Gasteiger partial charge in [0.15, 0.2) is 0 Å². The van der Waals surface area contributed by atoms with Crippen molar-refractivity contribution in [1.29, 1.82) is 0 Å². The molecule has 1 unspecified atom stereocenters. The lowest BCUT2D eigenvalue weighted by atomic mass is 9.47. The van der Waals surface area contributed by atoms with Crippen LogP contribution in [0.15, 0.2) is 18.2 Å². The SMILES string of the molecule is COc1ccc2c(c1)[C@]13CCN[C@H](C2)C1(OC)[C@@H](C)CC(=O)C3. The van der Waals surface area contributed by atoms with Crippen LogP contribution in [-0.4, -0.2) is 38.2 Å². The van der Waals surface area contributed by atoms with Gasteiger partial charge in [-0.1, -0.05) is 13.0 Å². The number of ketones is 1. The minimum atomic E-state index is -0.307. The quantitative estimate of drug-likeness (QED) is 0.909. The van der Waals surface area contributed by atoms with Crippen molar-refractivity contribution in [3.63, 3.8) is 0 Å². The Morgan fingerprint density at radius 2 is 2.09 bits per heavy atom. The molecule has 0 amide bonds. The summed E-state index contributed by atoms with van der Waals surface area (Å²) in [5.74, 6) is 1.44. The average molecular weight is 315 g/mol. The highest BCUT2D eigenvalue weighted by Crippen LogP contribution is 2.59. The summed E-state index contributed by atoms with van der Waals surface area (Å²) in [6.07, 6.45) is 3.09. The van der Waals surface area contributed by atoms with Crippen molar-refractivity contribution in [2.75, 3.05) is 20.8 Å². The number of piperidine rings is 1. The average Bonchev–Trinajstić information content (AvgIpc) is 2.54. The minimum Gasteiger partial charge on any atom is -0.497 e. The lowest BCUT2D eigenvalue weighted by Gasteiger charge is -2.64. The van der Waals surface area contributed by atoms with Gasteiger partial charge in [0, 0.05) is 31.4 Å². The number of rotatable bonds is 2. The maximum absolute atomic E-state index is 12.5. The summed E-state index contributed by atoms with van der Waals surface area (Å²) in [5, 5.41) is 3.68. The molecule has 0 aromatic heterocycles. The maximum Gasteiger partial charge on any atom is 0.134 e. The number of carbonyl (C=O) groups is 1. The first-order valence-corrected chi connectivity index (χ1v) is 8.55. The Hall–Kier alpha value is -1.39. The first-order valence-electron chi connectivity index (χ1n) is 8.55. The number of hydrogen-bond donors (Lipinski definition) is 1. The van der Waals surface area contributed by atoms with E-state index in [9.17, 15) is 4.79 Å². The number of hydrogen-bond acceptors (Lipinski definition) is 4. The third kappa shape index (κ3) is 1.76. The third-order valence-corrected chi connectivity index (χ3v) is 6.57. The van der Waals surface area contributed by atoms with E-state index in [0.717, 1.165) is 25.1 Å². The summed E-state index contributed by atoms with van der Waals surface area (Å²) < 4.78 is 11.7. The summed E-state index contributed by atoms with van der Waals surface area (Å²) >= 11 is 0. The molecule has 2 fully saturated rings. The molecule has 1 aromatic rings. The largest absolute Gasteiger partial charge is 0.497 e. The van der Waals surface area contributed by atoms with Crippen molar-refractivity contribution in [3.05, 3.63) is 29.3 Å². The predicted octanol–water partition coefficient (Wildman–Crippen LogP) is 2.24. The summed E-state index contributed by atoms with van der Waals surface area (Å²) in [7, 11) is 3.53. The number of fused-ring (bicyclic) bond motifs is 1. The lowest BCUT2D eigenvalue weighted by molar-refractivity contribution is -0.182. The molecule has 1 aromatic carbocycles. The molecular weight excluding hydrogens is 290 g/mol. The first-order chi connectivity index (χ1) is 11.1. The van der Waals surface area contributed by atoms with Crippen molar-refractivity contribution in [3.8, 4) is 5.75 Å². The van der Waals surface area contributed by atoms with Gasteiger partial charge in [-0.2, -0.15) is 0 Å². The molecule has 4 nitrogen and oxygen atoms in total. The summed E-state index contributed by atoms with van der Waals surface area (Å²) in [5.41, 5.74) is 2.07. The normalized spacial score (nSPS) is 38.7. The van der Waals surface area contributed by atoms with E-state index in [2.05, 4.69) is 24.4 Å². The van der Waals surface area contributed by atoms with Gasteiger partial charge >= 0.3 is 0 Å². The Bertz CT molecular complexity index is 658. The van der Waals surface area contributed by atoms with Gasteiger partial charge in [0.25, 0.3) is 0 Å². The van der Waals surface area contributed by atoms with Crippen molar-refractivity contribution in [2.45, 2.75) is 49.7 Å². The highest BCUT2D eigenvalue weighted by atomic mass is 16.5. The molecule has 3 aliphatic rings. The fourth-order valence-corrected chi connectivity index (χ4v) is 5.81. The molecule has 2 bridgehead atoms. The molecule has 23 heavy (non-hydrogen) atoms. The van der Waals surface area contributed by atoms with Crippen molar-refractivity contribution in [1.82, 2.24) is 5.32 Å². The molecule has 1 aliphatic heterocycles. The fraction of sp³-hybridized carbons (Fsp3) is 0.632. The summed E-state index contributed by atoms with van der Waals surface area (Å²) in [4.78, 5) is 12.5. The molecular formula is C19H25NO3. The molecule has 124 valence electrons. The predicted molar refractivity (Wildman–Crippen MR) is 87.9 cm³/mol. The molecule has 4 atom stereocenters. The molecule has 1 heterocycles. The zero-order valence-electron chi connectivity index (χ0n) is 14.1. The molecule has 0 radical (unpaired) electrons. The molecule has 4 heteroatoms. The van der Waals surface area contributed by atoms with E-state index in [4.69, 9.17) is 9.47 Å². The minimum absolute atomic E-state index is 0.214. The fourth-order valence-electron chi connectivity index (χ4n) is 5.81. The van der Waals surface area contributed by atoms with Crippen LogP contribution in [0.1, 0.15) is 37.3 Å². The van der Waals surface area contributed by atoms with Crippen LogP contribution in [0, 0.1) is 5.92 Å². The van der Waals surface area contributed by atoms with Crippen LogP contribution in [0.3, 0.4) is 0 Å². The molecule has 2 aliphatic carbocycles. The van der Waals surface area contributed by atoms with E-state index in [0.29, 0.717) is 18.6 Å². The molecule has 0 spiro atoms. The summed E-state index contributed by atoms with van der Waals surface area (Å²) in [6.45, 7) is 3.12. The number of nitrogens with one attached hydrogen (secondary N) is 1. The Morgan fingerprint density at radius 1 is 1.26 bits per heavy atom. The molecule has 1 saturated carbocycles. The van der Waals surface area contributed by atoms with E-state index in [1.54, 1.807) is 7.11 Å². The van der Waals surface area contributed by atoms with E-state index in [1.807, 2.05) is 13.2 Å². The lowest BCUT2D eigenvalue weighted by Crippen LogP contribution is -2.76. The van der Waals surface area contributed by atoms with Crippen LogP contribution in [0.25, 0.3) is 0 Å². The van der Waals surface area contributed by atoms with Crippen molar-refractivity contribution in [2.24, 2.45) is 5.92 Å². The standard InChI is InChI=1S/C19H25NO3/c1-12-8-14(21)11-18-6-7-20-17(19(12,18)23-3)9-13-4-5-15(22-2)10-16(13)18/h4-5,10,12,17,20H,6-9,11H2,1-3H3/t12-,17+,18+,19?/m0/s1. The molecule has 4 rings (SSSR count). The second-order valence-corrected chi connectivity index (χ2v) is 7.38. The second kappa shape index (κ2) is 5.05. The van der Waals surface area contributed by atoms with Gasteiger partial charge in [-0.15, -0.1) is 0 Å². The van der Waals surface area contributed by atoms with E-state index in [1.165, 1.54) is 11.1 Å². The molecule has 1 saturated heterocycles. The highest BCUT2D eigenvalue weighted by molar-refractivity contribution is 5.83. The number of carbonyl (C=O) groups excluding carboxylic acids is 1. The zero-order chi connectivity index (χ0) is 16.2. The highest BCUT2D eigenvalue weighted by Gasteiger charge is 2.66. The Kier molecular flexibility index (Phi) is 3.33. The van der Waals surface area contributed by atoms with Gasteiger partial charge in [-0.3, -0.25) is 4.79 Å². The first kappa shape index (κ1) is 15.2. The van der Waals surface area contributed by atoms with E-state index in [-0.39, 0.29) is 23.0 Å². The number of benzene rings is 1. The van der Waals surface area contributed by atoms with Gasteiger partial charge in [-0.05, 0) is 48.6 Å². The van der Waals surface area contributed by atoms with Crippen LogP contribution >= 0.6 is 0 Å². The molecule has 1 N–H and O–H groups in total. The van der Waals surface area contributed by atoms with Crippen LogP contribution in [0.4, 0.5) is 0 Å². The van der Waals surface area contributed by atoms with E-state index < -0.39 is 0 Å². The summed E-state index contributed by atoms with van der Waals surface area (Å²) in [6, 6.07) is 6.61. The monoisotopic (exact) mass is 315 g/mol. The van der Waals surface area contributed by atoms with Crippen LogP contribution in [0.5, 0.6) is 5.75 Å². The number of ether oxygens (including phenoxy) is 2. The van der Waals surface area contributed by atoms with Gasteiger partial charge in [0.1, 0.15) is 11.5 Å². The Morgan fingerprint density at radius 3 is 2.83 bits per heavy atom. The van der Waals surface area contributed by atoms with Gasteiger partial charge < -0.3 is 14.8 Å². The van der Waals surface area contributed by atoms with E-state index >= 15 is 0 Å². The van der Waals surface area contributed by atoms with Crippen molar-refractivity contribution < 1.29 is 14.3 Å². The maximum atomic E-state index is 12.5. The van der Waals surface area contributed by atoms with Crippen LogP contribution < -0.4 is 10.1 Å². The van der Waals surface area contributed by atoms with Gasteiger partial charge in [0.05, 0.1) is 12.7 Å². The van der Waals surface area contributed by atoms with Gasteiger partial charge in [0.2, 0.25) is 0 Å². The van der Waals surface area contributed by atoms with Crippen molar-refractivity contribution >= 4 is 5.78 Å². The third-order valence-electron chi connectivity index (χ3n) is 6.57. The Labute approximate surface area is 137 Å². The smallest absolute Gasteiger partial charge is 0.134 e. The van der Waals surface area contributed by atoms with Gasteiger partial charge in [-0.25, -0.2) is 0 Å². The zero-order valence-corrected chi connectivity index (χ0v) is 14.1. The van der Waals surface area contributed by atoms with Crippen LogP contribution in [0.2, 0.25) is 0 Å². The second-order valence-electron chi connectivity index (χ2n) is 7.38. The number of methoxy groups -OCH3 is 2. The Balaban J connectivity index is 1.99. The van der Waals surface area contributed by atoms with Crippen LogP contribution in [-0.2, 0) is 21.4 Å².